The number of alkyl halides is 3. The van der Waals surface area contributed by atoms with Gasteiger partial charge in [0, 0.05) is 30.1 Å². The number of amides is 2. The first kappa shape index (κ1) is 25.7. The second-order valence-corrected chi connectivity index (χ2v) is 9.06. The Balaban J connectivity index is 1.79. The Morgan fingerprint density at radius 3 is 2.43 bits per heavy atom. The normalized spacial score (nSPS) is 11.7. The fourth-order valence-corrected chi connectivity index (χ4v) is 4.77. The SMILES string of the molecule is Cc1c(-c2cc(C(F)(F)F)nc3sc(C(N)=O)c(NC(=O)CCn4ncc([N+](=O)[O-])c4C)c23)cnn1C. The molecule has 4 aromatic rings. The average molecular weight is 536 g/mol. The number of thiophene rings is 1. The molecule has 0 aliphatic carbocycles. The average Bonchev–Trinajstić information content (AvgIpc) is 3.47. The number of hydrogen-bond donors (Lipinski definition) is 2. The maximum Gasteiger partial charge on any atom is 0.433 e. The van der Waals surface area contributed by atoms with Gasteiger partial charge in [0.1, 0.15) is 27.3 Å². The third kappa shape index (κ3) is 4.74. The molecule has 0 saturated carbocycles. The Labute approximate surface area is 210 Å². The second-order valence-electron chi connectivity index (χ2n) is 8.06. The minimum absolute atomic E-state index is 0.0233. The first-order chi connectivity index (χ1) is 17.3. The molecule has 0 unspecified atom stereocenters. The summed E-state index contributed by atoms with van der Waals surface area (Å²) in [6.45, 7) is 3.12. The number of nitrogens with one attached hydrogen (secondary N) is 1. The van der Waals surface area contributed by atoms with E-state index in [9.17, 15) is 32.9 Å². The molecule has 12 nitrogen and oxygen atoms in total. The summed E-state index contributed by atoms with van der Waals surface area (Å²) in [6, 6.07) is 0.839. The molecule has 0 fully saturated rings. The fraction of sp³-hybridized carbons (Fsp3) is 0.286. The summed E-state index contributed by atoms with van der Waals surface area (Å²) < 4.78 is 43.7. The summed E-state index contributed by atoms with van der Waals surface area (Å²) in [7, 11) is 1.62. The highest BCUT2D eigenvalue weighted by molar-refractivity contribution is 7.21. The topological polar surface area (TPSA) is 164 Å². The van der Waals surface area contributed by atoms with E-state index in [1.165, 1.54) is 22.5 Å². The molecule has 16 heteroatoms. The summed E-state index contributed by atoms with van der Waals surface area (Å²) in [5, 5.41) is 21.7. The zero-order valence-electron chi connectivity index (χ0n) is 19.6. The molecule has 0 aliphatic heterocycles. The van der Waals surface area contributed by atoms with Crippen LogP contribution in [-0.4, -0.2) is 41.3 Å². The fourth-order valence-electron chi connectivity index (χ4n) is 3.76. The molecule has 0 aromatic carbocycles. The highest BCUT2D eigenvalue weighted by Crippen LogP contribution is 2.44. The van der Waals surface area contributed by atoms with Gasteiger partial charge >= 0.3 is 11.9 Å². The van der Waals surface area contributed by atoms with E-state index in [2.05, 4.69) is 20.5 Å². The molecule has 0 aliphatic rings. The largest absolute Gasteiger partial charge is 0.433 e. The van der Waals surface area contributed by atoms with Crippen LogP contribution in [0.1, 0.15) is 33.2 Å². The molecule has 4 heterocycles. The number of nitro groups is 1. The third-order valence-corrected chi connectivity index (χ3v) is 6.89. The monoisotopic (exact) mass is 536 g/mol. The summed E-state index contributed by atoms with van der Waals surface area (Å²) in [6.07, 6.45) is -2.53. The number of primary amides is 1. The van der Waals surface area contributed by atoms with Crippen molar-refractivity contribution in [3.8, 4) is 11.1 Å². The van der Waals surface area contributed by atoms with Gasteiger partial charge in [-0.2, -0.15) is 23.4 Å². The molecular weight excluding hydrogens is 517 g/mol. The predicted octanol–water partition coefficient (Wildman–Crippen LogP) is 3.56. The molecule has 0 saturated heterocycles. The molecule has 0 radical (unpaired) electrons. The van der Waals surface area contributed by atoms with Crippen molar-refractivity contribution >= 4 is 44.7 Å². The number of pyridine rings is 1. The Morgan fingerprint density at radius 2 is 1.89 bits per heavy atom. The number of aromatic nitrogens is 5. The van der Waals surface area contributed by atoms with Crippen molar-refractivity contribution < 1.29 is 27.7 Å². The summed E-state index contributed by atoms with van der Waals surface area (Å²) in [5.41, 5.74) is 5.25. The zero-order valence-corrected chi connectivity index (χ0v) is 20.4. The molecular formula is C21H19F3N8O4S. The van der Waals surface area contributed by atoms with Crippen LogP contribution < -0.4 is 11.1 Å². The van der Waals surface area contributed by atoms with Crippen LogP contribution in [0.2, 0.25) is 0 Å². The van der Waals surface area contributed by atoms with Crippen LogP contribution in [0.25, 0.3) is 21.3 Å². The van der Waals surface area contributed by atoms with Crippen molar-refractivity contribution in [3.63, 3.8) is 0 Å². The first-order valence-corrected chi connectivity index (χ1v) is 11.4. The second kappa shape index (κ2) is 9.27. The molecule has 37 heavy (non-hydrogen) atoms. The van der Waals surface area contributed by atoms with Crippen LogP contribution in [0.15, 0.2) is 18.5 Å². The Morgan fingerprint density at radius 1 is 1.19 bits per heavy atom. The molecule has 3 N–H and O–H groups in total. The number of hydrogen-bond acceptors (Lipinski definition) is 8. The van der Waals surface area contributed by atoms with Gasteiger partial charge in [-0.15, -0.1) is 11.3 Å². The van der Waals surface area contributed by atoms with Gasteiger partial charge < -0.3 is 11.1 Å². The van der Waals surface area contributed by atoms with Gasteiger partial charge in [0.2, 0.25) is 5.91 Å². The summed E-state index contributed by atoms with van der Waals surface area (Å²) >= 11 is 0.629. The minimum atomic E-state index is -4.77. The number of carbonyl (C=O) groups excluding carboxylic acids is 2. The minimum Gasteiger partial charge on any atom is -0.365 e. The Hall–Kier alpha value is -4.34. The van der Waals surface area contributed by atoms with Gasteiger partial charge in [-0.05, 0) is 25.5 Å². The van der Waals surface area contributed by atoms with Crippen LogP contribution in [0.5, 0.6) is 0 Å². The van der Waals surface area contributed by atoms with Gasteiger partial charge in [0.05, 0.1) is 23.4 Å². The van der Waals surface area contributed by atoms with Crippen molar-refractivity contribution in [2.24, 2.45) is 12.8 Å². The quantitative estimate of drug-likeness (QED) is 0.269. The zero-order chi connectivity index (χ0) is 27.2. The number of nitrogens with two attached hydrogens (primary N) is 1. The van der Waals surface area contributed by atoms with Gasteiger partial charge in [-0.3, -0.25) is 29.1 Å². The lowest BCUT2D eigenvalue weighted by molar-refractivity contribution is -0.385. The van der Waals surface area contributed by atoms with Crippen molar-refractivity contribution in [2.45, 2.75) is 33.0 Å². The van der Waals surface area contributed by atoms with Gasteiger partial charge in [-0.25, -0.2) is 4.98 Å². The molecule has 194 valence electrons. The Kier molecular flexibility index (Phi) is 6.45. The molecule has 4 aromatic heterocycles. The highest BCUT2D eigenvalue weighted by atomic mass is 32.1. The van der Waals surface area contributed by atoms with Gasteiger partial charge in [-0.1, -0.05) is 0 Å². The van der Waals surface area contributed by atoms with Crippen molar-refractivity contribution in [1.29, 1.82) is 0 Å². The summed E-state index contributed by atoms with van der Waals surface area (Å²) in [5.74, 6) is -1.58. The lowest BCUT2D eigenvalue weighted by atomic mass is 10.0. The molecule has 2 amide bonds. The van der Waals surface area contributed by atoms with Crippen LogP contribution in [0.3, 0.4) is 0 Å². The highest BCUT2D eigenvalue weighted by Gasteiger charge is 2.35. The number of carbonyl (C=O) groups is 2. The van der Waals surface area contributed by atoms with E-state index < -0.39 is 28.6 Å². The lowest BCUT2D eigenvalue weighted by Gasteiger charge is -2.12. The van der Waals surface area contributed by atoms with Gasteiger partial charge in [0.15, 0.2) is 0 Å². The standard InChI is InChI=1S/C21H19F3N8O4S/c1-9-12(7-26-30(9)3)11-6-14(21(22,23)24)28-20-16(11)17(18(37-20)19(25)34)29-15(33)4-5-31-10(2)13(8-27-31)32(35)36/h6-8H,4-5H2,1-3H3,(H2,25,34)(H,29,33). The summed E-state index contributed by atoms with van der Waals surface area (Å²) in [4.78, 5) is 38.8. The number of rotatable bonds is 7. The van der Waals surface area contributed by atoms with Crippen molar-refractivity contribution in [2.75, 3.05) is 5.32 Å². The van der Waals surface area contributed by atoms with E-state index in [-0.39, 0.29) is 50.7 Å². The van der Waals surface area contributed by atoms with Crippen molar-refractivity contribution in [1.82, 2.24) is 24.5 Å². The van der Waals surface area contributed by atoms with Crippen LogP contribution in [0.4, 0.5) is 24.5 Å². The smallest absolute Gasteiger partial charge is 0.365 e. The molecule has 0 atom stereocenters. The van der Waals surface area contributed by atoms with E-state index in [4.69, 9.17) is 5.73 Å². The number of anilines is 1. The van der Waals surface area contributed by atoms with Crippen LogP contribution in [-0.2, 0) is 24.6 Å². The maximum absolute atomic E-state index is 13.6. The number of halogens is 3. The number of nitrogens with zero attached hydrogens (tertiary/aromatic N) is 6. The third-order valence-electron chi connectivity index (χ3n) is 5.79. The van der Waals surface area contributed by atoms with Crippen molar-refractivity contribution in [3.05, 3.63) is 50.5 Å². The van der Waals surface area contributed by atoms with Crippen LogP contribution in [0, 0.1) is 24.0 Å². The van der Waals surface area contributed by atoms with E-state index in [0.29, 0.717) is 22.6 Å². The molecule has 0 bridgehead atoms. The molecule has 4 rings (SSSR count). The van der Waals surface area contributed by atoms with E-state index in [0.717, 1.165) is 12.3 Å². The molecule has 0 spiro atoms. The van der Waals surface area contributed by atoms with E-state index in [1.807, 2.05) is 0 Å². The van der Waals surface area contributed by atoms with Crippen LogP contribution >= 0.6 is 11.3 Å². The van der Waals surface area contributed by atoms with E-state index >= 15 is 0 Å². The maximum atomic E-state index is 13.6. The number of fused-ring (bicyclic) bond motifs is 1. The van der Waals surface area contributed by atoms with E-state index in [1.54, 1.807) is 14.0 Å². The lowest BCUT2D eigenvalue weighted by Crippen LogP contribution is -2.18. The first-order valence-electron chi connectivity index (χ1n) is 10.6. The predicted molar refractivity (Wildman–Crippen MR) is 127 cm³/mol. The number of aryl methyl sites for hydroxylation is 2. The van der Waals surface area contributed by atoms with Gasteiger partial charge in [0.25, 0.3) is 5.91 Å². The Bertz CT molecular complexity index is 1570.